The minimum atomic E-state index is -0.903. The number of rotatable bonds is 12. The van der Waals surface area contributed by atoms with E-state index in [0.717, 1.165) is 15.9 Å². The number of carbonyl (C=O) groups excluding carboxylic acids is 3. The van der Waals surface area contributed by atoms with Crippen molar-refractivity contribution in [1.29, 1.82) is 0 Å². The van der Waals surface area contributed by atoms with Gasteiger partial charge in [-0.25, -0.2) is 19.1 Å². The number of H-pyrrole nitrogens is 1. The van der Waals surface area contributed by atoms with Crippen molar-refractivity contribution < 1.29 is 28.6 Å². The Morgan fingerprint density at radius 1 is 0.898 bits per heavy atom. The van der Waals surface area contributed by atoms with Crippen LogP contribution in [0.2, 0.25) is 0 Å². The smallest absolute Gasteiger partial charge is 0.335 e. The Bertz CT molecular complexity index is 2100. The lowest BCUT2D eigenvalue weighted by Crippen LogP contribution is -2.54. The Morgan fingerprint density at radius 2 is 1.57 bits per heavy atom. The van der Waals surface area contributed by atoms with Gasteiger partial charge in [0, 0.05) is 24.5 Å². The summed E-state index contributed by atoms with van der Waals surface area (Å²) in [5, 5.41) is 2.20. The summed E-state index contributed by atoms with van der Waals surface area (Å²) in [5.74, 6) is -0.869. The van der Waals surface area contributed by atoms with Crippen molar-refractivity contribution in [3.8, 4) is 23.1 Å². The van der Waals surface area contributed by atoms with E-state index >= 15 is 0 Å². The molecule has 0 atom stereocenters. The van der Waals surface area contributed by atoms with Crippen molar-refractivity contribution in [2.75, 3.05) is 25.7 Å². The van der Waals surface area contributed by atoms with Crippen LogP contribution in [0.5, 0.6) is 17.4 Å². The fraction of sp³-hybridized carbons (Fsp3) is 0.167. The van der Waals surface area contributed by atoms with Crippen LogP contribution in [0.3, 0.4) is 0 Å². The maximum atomic E-state index is 13.9. The van der Waals surface area contributed by atoms with Gasteiger partial charge in [0.1, 0.15) is 22.6 Å². The van der Waals surface area contributed by atoms with Crippen LogP contribution in [-0.4, -0.2) is 53.2 Å². The van der Waals surface area contributed by atoms with E-state index in [-0.39, 0.29) is 35.0 Å². The number of urea groups is 1. The van der Waals surface area contributed by atoms with Gasteiger partial charge < -0.3 is 14.2 Å². The molecule has 0 bridgehead atoms. The highest BCUT2D eigenvalue weighted by molar-refractivity contribution is 6.37. The second-order valence-corrected chi connectivity index (χ2v) is 10.6. The summed E-state index contributed by atoms with van der Waals surface area (Å²) in [4.78, 5) is 73.8. The predicted molar refractivity (Wildman–Crippen MR) is 183 cm³/mol. The molecule has 0 unspecified atom stereocenters. The van der Waals surface area contributed by atoms with Crippen LogP contribution in [0.4, 0.5) is 10.5 Å². The van der Waals surface area contributed by atoms with Gasteiger partial charge in [0.2, 0.25) is 5.88 Å². The number of ether oxygens (including phenoxy) is 3. The minimum Gasteiger partial charge on any atom is -0.497 e. The number of nitrogens with zero attached hydrogens (tertiary/aromatic N) is 3. The molecule has 2 N–H and O–H groups in total. The predicted octanol–water partition coefficient (Wildman–Crippen LogP) is 4.42. The number of benzene rings is 2. The largest absolute Gasteiger partial charge is 0.497 e. The fourth-order valence-corrected chi connectivity index (χ4v) is 4.89. The summed E-state index contributed by atoms with van der Waals surface area (Å²) in [7, 11) is 2.93. The van der Waals surface area contributed by atoms with Crippen LogP contribution in [0.15, 0.2) is 106 Å². The van der Waals surface area contributed by atoms with Gasteiger partial charge >= 0.3 is 11.7 Å². The number of methoxy groups -OCH3 is 2. The van der Waals surface area contributed by atoms with Crippen molar-refractivity contribution in [2.24, 2.45) is 0 Å². The first-order valence-electron chi connectivity index (χ1n) is 15.3. The van der Waals surface area contributed by atoms with Crippen LogP contribution in [0, 0.1) is 0 Å². The van der Waals surface area contributed by atoms with Crippen molar-refractivity contribution in [2.45, 2.75) is 19.8 Å². The molecule has 5 rings (SSSR count). The van der Waals surface area contributed by atoms with E-state index in [9.17, 15) is 24.0 Å². The first-order chi connectivity index (χ1) is 23.7. The number of imide groups is 2. The third-order valence-electron chi connectivity index (χ3n) is 7.44. The molecule has 4 amide bonds. The molecule has 0 spiro atoms. The highest BCUT2D eigenvalue weighted by Gasteiger charge is 2.36. The Morgan fingerprint density at radius 3 is 2.24 bits per heavy atom. The highest BCUT2D eigenvalue weighted by Crippen LogP contribution is 2.26. The van der Waals surface area contributed by atoms with Gasteiger partial charge in [-0.05, 0) is 66.1 Å². The van der Waals surface area contributed by atoms with E-state index in [0.29, 0.717) is 29.1 Å². The molecule has 0 radical (unpaired) electrons. The van der Waals surface area contributed by atoms with E-state index < -0.39 is 29.1 Å². The molecule has 0 saturated carbocycles. The number of amides is 4. The van der Waals surface area contributed by atoms with Crippen molar-refractivity contribution in [1.82, 2.24) is 19.9 Å². The second kappa shape index (κ2) is 15.4. The maximum absolute atomic E-state index is 13.9. The molecule has 1 aliphatic rings. The third kappa shape index (κ3) is 7.57. The molecule has 250 valence electrons. The number of hydrogen-bond acceptors (Lipinski definition) is 9. The van der Waals surface area contributed by atoms with Gasteiger partial charge in [-0.2, -0.15) is 0 Å². The second-order valence-electron chi connectivity index (χ2n) is 10.6. The van der Waals surface area contributed by atoms with Crippen molar-refractivity contribution >= 4 is 35.2 Å². The molecule has 1 fully saturated rings. The maximum Gasteiger partial charge on any atom is 0.335 e. The lowest BCUT2D eigenvalue weighted by atomic mass is 10.0. The minimum absolute atomic E-state index is 0.0134. The zero-order valence-electron chi connectivity index (χ0n) is 27.0. The molecule has 4 aromatic rings. The fourth-order valence-electron chi connectivity index (χ4n) is 4.89. The molecule has 1 aliphatic heterocycles. The summed E-state index contributed by atoms with van der Waals surface area (Å²) < 4.78 is 17.3. The van der Waals surface area contributed by atoms with Gasteiger partial charge in [-0.15, -0.1) is 0 Å². The average Bonchev–Trinajstić information content (AvgIpc) is 3.10. The monoisotopic (exact) mass is 663 g/mol. The first kappa shape index (κ1) is 33.9. The van der Waals surface area contributed by atoms with Crippen LogP contribution >= 0.6 is 0 Å². The van der Waals surface area contributed by atoms with Gasteiger partial charge in [0.25, 0.3) is 17.4 Å². The first-order valence-corrected chi connectivity index (χ1v) is 15.3. The summed E-state index contributed by atoms with van der Waals surface area (Å²) >= 11 is 0. The van der Waals surface area contributed by atoms with E-state index in [2.05, 4.69) is 15.3 Å². The van der Waals surface area contributed by atoms with E-state index in [4.69, 9.17) is 14.2 Å². The van der Waals surface area contributed by atoms with E-state index in [1.807, 2.05) is 6.92 Å². The topological polar surface area (TPSA) is 162 Å². The summed E-state index contributed by atoms with van der Waals surface area (Å²) in [6.07, 6.45) is 10.5. The van der Waals surface area contributed by atoms with Crippen LogP contribution in [0.1, 0.15) is 30.9 Å². The molecular formula is C36H33N5O8. The van der Waals surface area contributed by atoms with Crippen molar-refractivity contribution in [3.05, 3.63) is 129 Å². The number of carbonyl (C=O) groups is 3. The van der Waals surface area contributed by atoms with E-state index in [1.165, 1.54) is 44.6 Å². The average molecular weight is 664 g/mol. The van der Waals surface area contributed by atoms with Gasteiger partial charge in [-0.1, -0.05) is 37.6 Å². The molecule has 2 aromatic heterocycles. The van der Waals surface area contributed by atoms with Crippen LogP contribution in [-0.2, 0) is 9.59 Å². The molecule has 49 heavy (non-hydrogen) atoms. The quantitative estimate of drug-likeness (QED) is 0.0967. The number of barbiturate groups is 1. The molecular weight excluding hydrogens is 630 g/mol. The Kier molecular flexibility index (Phi) is 10.6. The molecule has 13 heteroatoms. The SMILES string of the molecule is CCCCOc1[nH]c(=O)n(-c2cccc(OC)c2)c(=O)c1C=CC(=C/C=C1/C(=O)NC(=O)N(c2cccc(OC)c2)C1=O)c1ccncc1. The standard InChI is InChI=1S/C36H33N5O8/c1-4-5-20-49-32-30(34(44)41(36(46)39-32)26-9-7-11-28(22-26)48-3)15-13-23(24-16-18-37-19-17-24)12-14-29-31(42)38-35(45)40(33(29)43)25-8-6-10-27(21-25)47-2/h6-19,21-22H,4-5,20H2,1-3H3,(H,39,46)(H,38,42,45)/b15-13?,23-12?,29-14-. The number of allylic oxidation sites excluding steroid dienone is 4. The van der Waals surface area contributed by atoms with Crippen molar-refractivity contribution in [3.63, 3.8) is 0 Å². The lowest BCUT2D eigenvalue weighted by Gasteiger charge is -2.26. The van der Waals surface area contributed by atoms with Gasteiger partial charge in [0.05, 0.1) is 32.2 Å². The number of anilines is 1. The number of hydrogen-bond donors (Lipinski definition) is 2. The summed E-state index contributed by atoms with van der Waals surface area (Å²) in [6.45, 7) is 2.24. The number of aromatic nitrogens is 3. The van der Waals surface area contributed by atoms with Gasteiger partial charge in [-0.3, -0.25) is 29.7 Å². The highest BCUT2D eigenvalue weighted by atomic mass is 16.5. The molecule has 3 heterocycles. The molecule has 2 aromatic carbocycles. The van der Waals surface area contributed by atoms with Gasteiger partial charge in [0.15, 0.2) is 0 Å². The summed E-state index contributed by atoms with van der Waals surface area (Å²) in [5.41, 5.74) is -0.0407. The third-order valence-corrected chi connectivity index (χ3v) is 7.44. The number of aromatic amines is 1. The normalized spacial score (nSPS) is 14.3. The summed E-state index contributed by atoms with van der Waals surface area (Å²) in [6, 6.07) is 15.3. The number of nitrogens with one attached hydrogen (secondary N) is 2. The zero-order chi connectivity index (χ0) is 34.9. The van der Waals surface area contributed by atoms with Crippen LogP contribution < -0.4 is 35.7 Å². The zero-order valence-corrected chi connectivity index (χ0v) is 27.0. The number of pyridine rings is 1. The molecule has 1 saturated heterocycles. The van der Waals surface area contributed by atoms with E-state index in [1.54, 1.807) is 67.0 Å². The Balaban J connectivity index is 1.61. The molecule has 0 aliphatic carbocycles. The van der Waals surface area contributed by atoms with Crippen LogP contribution in [0.25, 0.3) is 17.3 Å². The lowest BCUT2D eigenvalue weighted by molar-refractivity contribution is -0.122. The molecule has 13 nitrogen and oxygen atoms in total. The number of unbranched alkanes of at least 4 members (excludes halogenated alkanes) is 1. The Hall–Kier alpha value is -6.50. The Labute approximate surface area is 280 Å².